The molecule has 0 spiro atoms. The van der Waals surface area contributed by atoms with Gasteiger partial charge >= 0.3 is 0 Å². The number of rotatable bonds is 3. The van der Waals surface area contributed by atoms with Crippen LogP contribution in [-0.4, -0.2) is 34.6 Å². The van der Waals surface area contributed by atoms with Crippen LogP contribution >= 0.6 is 0 Å². The van der Waals surface area contributed by atoms with E-state index in [2.05, 4.69) is 0 Å². The van der Waals surface area contributed by atoms with E-state index in [1.54, 1.807) is 17.0 Å². The number of likely N-dealkylation sites (tertiary alicyclic amines) is 1. The minimum absolute atomic E-state index is 0.0808. The van der Waals surface area contributed by atoms with Crippen molar-refractivity contribution in [2.24, 2.45) is 0 Å². The van der Waals surface area contributed by atoms with Gasteiger partial charge in [0, 0.05) is 0 Å². The first-order chi connectivity index (χ1) is 8.99. The number of amides is 1. The molecule has 1 N–H and O–H groups in total. The Morgan fingerprint density at radius 1 is 1.32 bits per heavy atom. The van der Waals surface area contributed by atoms with Crippen LogP contribution in [0.2, 0.25) is 0 Å². The molecular formula is C15H18FNO2. The molecule has 1 saturated carbocycles. The molecule has 1 saturated heterocycles. The number of aliphatic hydroxyl groups is 1. The van der Waals surface area contributed by atoms with Gasteiger partial charge in [-0.3, -0.25) is 4.79 Å². The highest BCUT2D eigenvalue weighted by Gasteiger charge is 2.56. The van der Waals surface area contributed by atoms with Crippen LogP contribution in [0.3, 0.4) is 0 Å². The maximum absolute atomic E-state index is 13.0. The first kappa shape index (κ1) is 12.6. The quantitative estimate of drug-likeness (QED) is 0.904. The summed E-state index contributed by atoms with van der Waals surface area (Å²) in [6.45, 7) is 2.77. The Kier molecular flexibility index (Phi) is 2.68. The highest BCUT2D eigenvalue weighted by Crippen LogP contribution is 2.50. The smallest absolute Gasteiger partial charge is 0.233 e. The molecule has 4 heteroatoms. The summed E-state index contributed by atoms with van der Waals surface area (Å²) >= 11 is 0. The molecule has 0 bridgehead atoms. The van der Waals surface area contributed by atoms with Crippen LogP contribution in [0.1, 0.15) is 31.7 Å². The summed E-state index contributed by atoms with van der Waals surface area (Å²) in [7, 11) is 0. The molecule has 0 aromatic heterocycles. The molecule has 2 aliphatic rings. The molecule has 19 heavy (non-hydrogen) atoms. The van der Waals surface area contributed by atoms with Crippen LogP contribution in [-0.2, 0) is 10.2 Å². The van der Waals surface area contributed by atoms with Crippen LogP contribution < -0.4 is 0 Å². The molecule has 0 radical (unpaired) electrons. The fraction of sp³-hybridized carbons (Fsp3) is 0.533. The Hall–Kier alpha value is -1.42. The van der Waals surface area contributed by atoms with E-state index >= 15 is 0 Å². The van der Waals surface area contributed by atoms with Gasteiger partial charge in [-0.25, -0.2) is 4.39 Å². The van der Waals surface area contributed by atoms with Gasteiger partial charge in [0.25, 0.3) is 0 Å². The number of hydrogen-bond donors (Lipinski definition) is 1. The van der Waals surface area contributed by atoms with Crippen LogP contribution in [0.25, 0.3) is 0 Å². The molecule has 0 atom stereocenters. The monoisotopic (exact) mass is 263 g/mol. The Bertz CT molecular complexity index is 501. The number of hydrogen-bond acceptors (Lipinski definition) is 2. The van der Waals surface area contributed by atoms with Gasteiger partial charge < -0.3 is 10.0 Å². The lowest BCUT2D eigenvalue weighted by Gasteiger charge is -2.47. The molecule has 1 heterocycles. The molecule has 0 unspecified atom stereocenters. The van der Waals surface area contributed by atoms with E-state index in [1.165, 1.54) is 12.1 Å². The molecule has 102 valence electrons. The molecule has 3 rings (SSSR count). The standard InChI is InChI=1S/C15H18FNO2/c1-2-14(19)9-17(10-14)13(18)15(7-8-15)11-3-5-12(16)6-4-11/h3-6,19H,2,7-10H2,1H3. The van der Waals surface area contributed by atoms with Gasteiger partial charge in [0.1, 0.15) is 5.82 Å². The topological polar surface area (TPSA) is 40.5 Å². The highest BCUT2D eigenvalue weighted by molar-refractivity contribution is 5.92. The summed E-state index contributed by atoms with van der Waals surface area (Å²) in [6, 6.07) is 6.21. The van der Waals surface area contributed by atoms with Crippen LogP contribution in [0, 0.1) is 5.82 Å². The largest absolute Gasteiger partial charge is 0.386 e. The summed E-state index contributed by atoms with van der Waals surface area (Å²) in [5.74, 6) is -0.200. The Morgan fingerprint density at radius 3 is 2.37 bits per heavy atom. The molecule has 1 aromatic rings. The van der Waals surface area contributed by atoms with Crippen LogP contribution in [0.5, 0.6) is 0 Å². The van der Waals surface area contributed by atoms with E-state index in [-0.39, 0.29) is 11.7 Å². The summed E-state index contributed by atoms with van der Waals surface area (Å²) in [5.41, 5.74) is -0.261. The minimum atomic E-state index is -0.700. The minimum Gasteiger partial charge on any atom is -0.386 e. The van der Waals surface area contributed by atoms with Crippen molar-refractivity contribution < 1.29 is 14.3 Å². The zero-order valence-corrected chi connectivity index (χ0v) is 11.0. The number of β-amino-alcohol motifs (C(OH)–C–C–N with tert-alkyl or cyclic N) is 1. The number of carbonyl (C=O) groups excluding carboxylic acids is 1. The molecule has 1 aromatic carbocycles. The van der Waals surface area contributed by atoms with Gasteiger partial charge in [-0.1, -0.05) is 19.1 Å². The van der Waals surface area contributed by atoms with E-state index < -0.39 is 11.0 Å². The van der Waals surface area contributed by atoms with Crippen molar-refractivity contribution in [3.05, 3.63) is 35.6 Å². The van der Waals surface area contributed by atoms with Crippen LogP contribution in [0.15, 0.2) is 24.3 Å². The lowest BCUT2D eigenvalue weighted by Crippen LogP contribution is -2.64. The third-order valence-corrected chi connectivity index (χ3v) is 4.47. The molecule has 2 fully saturated rings. The number of benzene rings is 1. The summed E-state index contributed by atoms with van der Waals surface area (Å²) in [4.78, 5) is 14.2. The Labute approximate surface area is 112 Å². The van der Waals surface area contributed by atoms with E-state index in [1.807, 2.05) is 6.92 Å². The average molecular weight is 263 g/mol. The maximum atomic E-state index is 13.0. The second-order valence-corrected chi connectivity index (χ2v) is 5.83. The van der Waals surface area contributed by atoms with Gasteiger partial charge in [0.2, 0.25) is 5.91 Å². The normalized spacial score (nSPS) is 22.8. The molecule has 1 aliphatic heterocycles. The zero-order valence-electron chi connectivity index (χ0n) is 11.0. The lowest BCUT2D eigenvalue weighted by molar-refractivity contribution is -0.158. The highest BCUT2D eigenvalue weighted by atomic mass is 19.1. The average Bonchev–Trinajstić information content (AvgIpc) is 3.16. The second kappa shape index (κ2) is 4.04. The van der Waals surface area contributed by atoms with Gasteiger partial charge in [-0.05, 0) is 37.0 Å². The second-order valence-electron chi connectivity index (χ2n) is 5.83. The SMILES string of the molecule is CCC1(O)CN(C(=O)C2(c3ccc(F)cc3)CC2)C1. The molecular weight excluding hydrogens is 245 g/mol. The van der Waals surface area contributed by atoms with Crippen molar-refractivity contribution in [2.45, 2.75) is 37.2 Å². The van der Waals surface area contributed by atoms with Crippen LogP contribution in [0.4, 0.5) is 4.39 Å². The zero-order chi connectivity index (χ0) is 13.7. The van der Waals surface area contributed by atoms with E-state index in [9.17, 15) is 14.3 Å². The first-order valence-corrected chi connectivity index (χ1v) is 6.77. The Morgan fingerprint density at radius 2 is 1.89 bits per heavy atom. The Balaban J connectivity index is 1.75. The third kappa shape index (κ3) is 1.94. The molecule has 3 nitrogen and oxygen atoms in total. The van der Waals surface area contributed by atoms with Gasteiger partial charge in [0.15, 0.2) is 0 Å². The fourth-order valence-corrected chi connectivity index (χ4v) is 2.85. The van der Waals surface area contributed by atoms with Crippen molar-refractivity contribution in [2.75, 3.05) is 13.1 Å². The van der Waals surface area contributed by atoms with Crippen molar-refractivity contribution in [3.8, 4) is 0 Å². The fourth-order valence-electron chi connectivity index (χ4n) is 2.85. The number of halogens is 1. The predicted molar refractivity (Wildman–Crippen MR) is 69.1 cm³/mol. The van der Waals surface area contributed by atoms with Crippen molar-refractivity contribution in [1.29, 1.82) is 0 Å². The van der Waals surface area contributed by atoms with Crippen molar-refractivity contribution in [3.63, 3.8) is 0 Å². The molecule has 1 aliphatic carbocycles. The number of nitrogens with zero attached hydrogens (tertiary/aromatic N) is 1. The van der Waals surface area contributed by atoms with E-state index in [4.69, 9.17) is 0 Å². The van der Waals surface area contributed by atoms with E-state index in [0.717, 1.165) is 18.4 Å². The van der Waals surface area contributed by atoms with Crippen molar-refractivity contribution in [1.82, 2.24) is 4.90 Å². The summed E-state index contributed by atoms with van der Waals surface area (Å²) in [6.07, 6.45) is 2.30. The third-order valence-electron chi connectivity index (χ3n) is 4.47. The predicted octanol–water partition coefficient (Wildman–Crippen LogP) is 1.84. The van der Waals surface area contributed by atoms with Gasteiger partial charge in [-0.2, -0.15) is 0 Å². The maximum Gasteiger partial charge on any atom is 0.233 e. The lowest BCUT2D eigenvalue weighted by atomic mass is 9.87. The summed E-state index contributed by atoms with van der Waals surface area (Å²) in [5, 5.41) is 9.99. The molecule has 1 amide bonds. The van der Waals surface area contributed by atoms with Crippen molar-refractivity contribution >= 4 is 5.91 Å². The number of carbonyl (C=O) groups is 1. The van der Waals surface area contributed by atoms with E-state index in [0.29, 0.717) is 19.5 Å². The summed E-state index contributed by atoms with van der Waals surface area (Å²) < 4.78 is 13.0. The van der Waals surface area contributed by atoms with Gasteiger partial charge in [0.05, 0.1) is 24.1 Å². The van der Waals surface area contributed by atoms with Gasteiger partial charge in [-0.15, -0.1) is 0 Å². The first-order valence-electron chi connectivity index (χ1n) is 6.77.